The molecule has 4 N–H and O–H groups in total. The smallest absolute Gasteiger partial charge is 0.410 e. The Morgan fingerprint density at radius 3 is 2.25 bits per heavy atom. The lowest BCUT2D eigenvalue weighted by Crippen LogP contribution is -2.37. The fourth-order valence-corrected chi connectivity index (χ4v) is 4.29. The molecule has 36 heavy (non-hydrogen) atoms. The van der Waals surface area contributed by atoms with Crippen LogP contribution in [0.2, 0.25) is 0 Å². The molecule has 0 atom stereocenters. The third-order valence-corrected chi connectivity index (χ3v) is 6.42. The van der Waals surface area contributed by atoms with Crippen LogP contribution < -0.4 is 16.3 Å². The molecule has 202 valence electrons. The van der Waals surface area contributed by atoms with Crippen molar-refractivity contribution in [3.63, 3.8) is 0 Å². The maximum atomic E-state index is 12.4. The minimum absolute atomic E-state index is 0.0171. The molecule has 0 aliphatic heterocycles. The number of amides is 1. The zero-order chi connectivity index (χ0) is 26.5. The number of carbonyl (C=O) groups is 2. The summed E-state index contributed by atoms with van der Waals surface area (Å²) >= 11 is 0. The Morgan fingerprint density at radius 1 is 1.11 bits per heavy atom. The van der Waals surface area contributed by atoms with E-state index in [9.17, 15) is 9.59 Å². The van der Waals surface area contributed by atoms with Crippen molar-refractivity contribution in [1.29, 1.82) is 0 Å². The predicted octanol–water partition coefficient (Wildman–Crippen LogP) is 3.80. The Bertz CT molecular complexity index is 832. The number of rotatable bonds is 9. The van der Waals surface area contributed by atoms with Crippen molar-refractivity contribution in [2.75, 3.05) is 20.7 Å². The third-order valence-electron chi connectivity index (χ3n) is 6.42. The standard InChI is InChI=1S/C22H35N5O3.C4H8O2/c1-26(16-8-6-7-9-16)22(28)29-15-20(27(2)24)21(23)19-13-12-18(14-25-19)30-17-10-4-3-5-11-17;1-4(2)6-3-5/h12-14,16-17H,3-11,15,23-24H2,1-2H3;3-4H,1-2H3/b21-20-;. The third kappa shape index (κ3) is 9.56. The zero-order valence-corrected chi connectivity index (χ0v) is 22.2. The minimum atomic E-state index is -0.363. The van der Waals surface area contributed by atoms with Crippen LogP contribution in [0.25, 0.3) is 5.70 Å². The molecule has 1 heterocycles. The summed E-state index contributed by atoms with van der Waals surface area (Å²) < 4.78 is 15.9. The molecule has 2 saturated carbocycles. The Hall–Kier alpha value is -3.01. The van der Waals surface area contributed by atoms with E-state index >= 15 is 0 Å². The molecule has 3 rings (SSSR count). The maximum absolute atomic E-state index is 12.4. The number of pyridine rings is 1. The lowest BCUT2D eigenvalue weighted by molar-refractivity contribution is -0.131. The summed E-state index contributed by atoms with van der Waals surface area (Å²) in [5.74, 6) is 6.69. The fourth-order valence-electron chi connectivity index (χ4n) is 4.29. The first-order valence-corrected chi connectivity index (χ1v) is 12.8. The van der Waals surface area contributed by atoms with Gasteiger partial charge in [0.2, 0.25) is 0 Å². The summed E-state index contributed by atoms with van der Waals surface area (Å²) in [6.45, 7) is 4.03. The molecule has 0 bridgehead atoms. The Kier molecular flexibility index (Phi) is 12.3. The summed E-state index contributed by atoms with van der Waals surface area (Å²) in [6.07, 6.45) is 11.9. The average molecular weight is 506 g/mol. The molecule has 0 radical (unpaired) electrons. The highest BCUT2D eigenvalue weighted by atomic mass is 16.6. The van der Waals surface area contributed by atoms with Crippen LogP contribution in [0.1, 0.15) is 77.3 Å². The van der Waals surface area contributed by atoms with E-state index in [0.717, 1.165) is 44.3 Å². The van der Waals surface area contributed by atoms with Crippen molar-refractivity contribution in [2.45, 2.75) is 89.9 Å². The fraction of sp³-hybridized carbons (Fsp3) is 0.654. The first kappa shape index (κ1) is 29.2. The number of hydrogen-bond donors (Lipinski definition) is 2. The number of hydrazine groups is 1. The molecule has 2 aliphatic rings. The molecule has 2 aliphatic carbocycles. The van der Waals surface area contributed by atoms with Crippen molar-refractivity contribution < 1.29 is 23.8 Å². The highest BCUT2D eigenvalue weighted by Crippen LogP contribution is 2.25. The molecular formula is C26H43N5O5. The van der Waals surface area contributed by atoms with Gasteiger partial charge in [0.05, 0.1) is 35.5 Å². The minimum Gasteiger partial charge on any atom is -0.489 e. The molecular weight excluding hydrogens is 462 g/mol. The largest absolute Gasteiger partial charge is 0.489 e. The zero-order valence-electron chi connectivity index (χ0n) is 22.2. The van der Waals surface area contributed by atoms with Crippen LogP contribution in [0.15, 0.2) is 24.0 Å². The number of nitrogens with two attached hydrogens (primary N) is 2. The number of carbonyl (C=O) groups excluding carboxylic acids is 2. The number of ether oxygens (including phenoxy) is 3. The number of likely N-dealkylation sites (N-methyl/N-ethyl adjacent to an activating group) is 1. The molecule has 2 fully saturated rings. The molecule has 1 aromatic rings. The van der Waals surface area contributed by atoms with Gasteiger partial charge in [-0.25, -0.2) is 10.6 Å². The van der Waals surface area contributed by atoms with Gasteiger partial charge < -0.3 is 29.9 Å². The van der Waals surface area contributed by atoms with Crippen LogP contribution in [-0.4, -0.2) is 66.4 Å². The van der Waals surface area contributed by atoms with Gasteiger partial charge in [-0.3, -0.25) is 9.78 Å². The van der Waals surface area contributed by atoms with Crippen molar-refractivity contribution >= 4 is 18.3 Å². The highest BCUT2D eigenvalue weighted by molar-refractivity contribution is 5.69. The number of aromatic nitrogens is 1. The van der Waals surface area contributed by atoms with Gasteiger partial charge in [0.25, 0.3) is 6.47 Å². The molecule has 10 heteroatoms. The second-order valence-corrected chi connectivity index (χ2v) is 9.61. The van der Waals surface area contributed by atoms with Gasteiger partial charge in [-0.2, -0.15) is 0 Å². The van der Waals surface area contributed by atoms with Gasteiger partial charge in [0.1, 0.15) is 12.4 Å². The van der Waals surface area contributed by atoms with E-state index in [1.54, 1.807) is 39.0 Å². The van der Waals surface area contributed by atoms with E-state index in [-0.39, 0.29) is 30.9 Å². The van der Waals surface area contributed by atoms with Crippen LogP contribution in [0.3, 0.4) is 0 Å². The summed E-state index contributed by atoms with van der Waals surface area (Å²) in [4.78, 5) is 27.9. The normalized spacial score (nSPS) is 16.9. The average Bonchev–Trinajstić information content (AvgIpc) is 3.40. The van der Waals surface area contributed by atoms with E-state index in [4.69, 9.17) is 21.1 Å². The van der Waals surface area contributed by atoms with E-state index in [1.807, 2.05) is 12.1 Å². The molecule has 10 nitrogen and oxygen atoms in total. The lowest BCUT2D eigenvalue weighted by atomic mass is 9.98. The van der Waals surface area contributed by atoms with Crippen molar-refractivity contribution in [3.05, 3.63) is 29.7 Å². The summed E-state index contributed by atoms with van der Waals surface area (Å²) in [5.41, 5.74) is 7.75. The quantitative estimate of drug-likeness (QED) is 0.292. The molecule has 0 aromatic carbocycles. The van der Waals surface area contributed by atoms with Gasteiger partial charge in [0, 0.05) is 20.1 Å². The van der Waals surface area contributed by atoms with Crippen LogP contribution in [-0.2, 0) is 14.3 Å². The second-order valence-electron chi connectivity index (χ2n) is 9.61. The van der Waals surface area contributed by atoms with E-state index < -0.39 is 0 Å². The summed E-state index contributed by atoms with van der Waals surface area (Å²) in [5, 5.41) is 1.37. The number of hydrogen-bond acceptors (Lipinski definition) is 9. The Balaban J connectivity index is 0.000000678. The van der Waals surface area contributed by atoms with E-state index in [1.165, 1.54) is 24.3 Å². The van der Waals surface area contributed by atoms with Crippen LogP contribution in [0.5, 0.6) is 5.75 Å². The van der Waals surface area contributed by atoms with Crippen molar-refractivity contribution in [1.82, 2.24) is 14.9 Å². The SMILES string of the molecule is CC(C)OC=O.CN(N)/C(COC(=O)N(C)C1CCCC1)=C(\N)c1ccc(OC2CCCCC2)cn1. The van der Waals surface area contributed by atoms with Crippen molar-refractivity contribution in [3.8, 4) is 5.75 Å². The van der Waals surface area contributed by atoms with E-state index in [2.05, 4.69) is 9.72 Å². The summed E-state index contributed by atoms with van der Waals surface area (Å²) in [6, 6.07) is 3.93. The lowest BCUT2D eigenvalue weighted by Gasteiger charge is -2.25. The van der Waals surface area contributed by atoms with Crippen molar-refractivity contribution in [2.24, 2.45) is 11.6 Å². The van der Waals surface area contributed by atoms with Gasteiger partial charge in [-0.05, 0) is 64.5 Å². The van der Waals surface area contributed by atoms with Gasteiger partial charge in [-0.1, -0.05) is 19.3 Å². The molecule has 0 saturated heterocycles. The Morgan fingerprint density at radius 2 is 1.75 bits per heavy atom. The first-order valence-electron chi connectivity index (χ1n) is 12.8. The molecule has 1 amide bonds. The number of nitrogens with zero attached hydrogens (tertiary/aromatic N) is 3. The molecule has 0 spiro atoms. The summed E-state index contributed by atoms with van der Waals surface area (Å²) in [7, 11) is 3.45. The van der Waals surface area contributed by atoms with Gasteiger partial charge in [-0.15, -0.1) is 0 Å². The monoisotopic (exact) mass is 505 g/mol. The predicted molar refractivity (Wildman–Crippen MR) is 138 cm³/mol. The van der Waals surface area contributed by atoms with Gasteiger partial charge in [0.15, 0.2) is 0 Å². The highest BCUT2D eigenvalue weighted by Gasteiger charge is 2.25. The van der Waals surface area contributed by atoms with E-state index in [0.29, 0.717) is 23.6 Å². The van der Waals surface area contributed by atoms with Crippen LogP contribution in [0.4, 0.5) is 4.79 Å². The van der Waals surface area contributed by atoms with Crippen LogP contribution >= 0.6 is 0 Å². The molecule has 0 unspecified atom stereocenters. The second kappa shape index (κ2) is 15.2. The van der Waals surface area contributed by atoms with Crippen LogP contribution in [0, 0.1) is 0 Å². The topological polar surface area (TPSA) is 133 Å². The maximum Gasteiger partial charge on any atom is 0.410 e. The molecule has 1 aromatic heterocycles. The van der Waals surface area contributed by atoms with Gasteiger partial charge >= 0.3 is 6.09 Å². The first-order chi connectivity index (χ1) is 17.2. The Labute approximate surface area is 214 Å².